The summed E-state index contributed by atoms with van der Waals surface area (Å²) in [5.41, 5.74) is 0. The highest BCUT2D eigenvalue weighted by Crippen LogP contribution is 2.31. The quantitative estimate of drug-likeness (QED) is 0.823. The molecule has 17 heavy (non-hydrogen) atoms. The molecule has 0 aromatic carbocycles. The lowest BCUT2D eigenvalue weighted by Crippen LogP contribution is -2.46. The second kappa shape index (κ2) is 5.85. The van der Waals surface area contributed by atoms with Crippen LogP contribution in [0.5, 0.6) is 0 Å². The summed E-state index contributed by atoms with van der Waals surface area (Å²) in [6.07, 6.45) is 8.49. The van der Waals surface area contributed by atoms with Gasteiger partial charge in [0.1, 0.15) is 0 Å². The number of hydrogen-bond donors (Lipinski definition) is 1. The fourth-order valence-electron chi connectivity index (χ4n) is 3.46. The first kappa shape index (κ1) is 12.9. The highest BCUT2D eigenvalue weighted by atomic mass is 16.4. The Morgan fingerprint density at radius 2 is 1.94 bits per heavy atom. The summed E-state index contributed by atoms with van der Waals surface area (Å²) in [7, 11) is 0. The molecule has 0 spiro atoms. The van der Waals surface area contributed by atoms with E-state index in [4.69, 9.17) is 5.11 Å². The molecule has 2 fully saturated rings. The lowest BCUT2D eigenvalue weighted by Gasteiger charge is -2.40. The van der Waals surface area contributed by atoms with Crippen molar-refractivity contribution < 1.29 is 9.90 Å². The number of nitrogens with zero attached hydrogens (tertiary/aromatic N) is 1. The van der Waals surface area contributed by atoms with Gasteiger partial charge in [-0.1, -0.05) is 13.3 Å². The lowest BCUT2D eigenvalue weighted by atomic mass is 9.83. The number of piperidine rings is 1. The van der Waals surface area contributed by atoms with Crippen LogP contribution in [0, 0.1) is 11.8 Å². The Kier molecular flexibility index (Phi) is 4.43. The molecule has 98 valence electrons. The number of carboxylic acids is 1. The monoisotopic (exact) mass is 239 g/mol. The minimum Gasteiger partial charge on any atom is -0.481 e. The third-order valence-electron chi connectivity index (χ3n) is 4.71. The molecule has 1 N–H and O–H groups in total. The van der Waals surface area contributed by atoms with Gasteiger partial charge in [-0.05, 0) is 51.0 Å². The minimum absolute atomic E-state index is 0.118. The molecular formula is C14H25NO2. The van der Waals surface area contributed by atoms with Crippen molar-refractivity contribution in [2.75, 3.05) is 13.1 Å². The normalized spacial score (nSPS) is 35.7. The Labute approximate surface area is 104 Å². The van der Waals surface area contributed by atoms with Crippen LogP contribution in [0.3, 0.4) is 0 Å². The molecule has 1 aliphatic carbocycles. The van der Waals surface area contributed by atoms with Crippen molar-refractivity contribution in [3.8, 4) is 0 Å². The van der Waals surface area contributed by atoms with Crippen molar-refractivity contribution in [3.05, 3.63) is 0 Å². The Morgan fingerprint density at radius 3 is 2.53 bits per heavy atom. The van der Waals surface area contributed by atoms with E-state index in [1.54, 1.807) is 0 Å². The molecule has 0 bridgehead atoms. The molecule has 1 aliphatic heterocycles. The van der Waals surface area contributed by atoms with Gasteiger partial charge in [0, 0.05) is 12.6 Å². The summed E-state index contributed by atoms with van der Waals surface area (Å²) in [5, 5.41) is 9.11. The van der Waals surface area contributed by atoms with Crippen LogP contribution in [0.25, 0.3) is 0 Å². The molecule has 0 radical (unpaired) electrons. The maximum Gasteiger partial charge on any atom is 0.307 e. The zero-order valence-corrected chi connectivity index (χ0v) is 10.9. The maximum absolute atomic E-state index is 11.1. The SMILES string of the molecule is CCC1CCC(N2CCCC(C(=O)O)C2)CC1. The van der Waals surface area contributed by atoms with Gasteiger partial charge in [-0.2, -0.15) is 0 Å². The van der Waals surface area contributed by atoms with E-state index in [1.807, 2.05) is 0 Å². The van der Waals surface area contributed by atoms with Crippen LogP contribution >= 0.6 is 0 Å². The lowest BCUT2D eigenvalue weighted by molar-refractivity contribution is -0.144. The second-order valence-corrected chi connectivity index (χ2v) is 5.76. The van der Waals surface area contributed by atoms with Gasteiger partial charge in [0.2, 0.25) is 0 Å². The number of hydrogen-bond acceptors (Lipinski definition) is 2. The van der Waals surface area contributed by atoms with Gasteiger partial charge in [0.05, 0.1) is 5.92 Å². The van der Waals surface area contributed by atoms with Crippen LogP contribution in [0.1, 0.15) is 51.9 Å². The Hall–Kier alpha value is -0.570. The van der Waals surface area contributed by atoms with Crippen LogP contribution in [0.2, 0.25) is 0 Å². The summed E-state index contributed by atoms with van der Waals surface area (Å²) in [6.45, 7) is 4.19. The number of carbonyl (C=O) groups is 1. The molecule has 0 aromatic heterocycles. The van der Waals surface area contributed by atoms with E-state index >= 15 is 0 Å². The first-order valence-electron chi connectivity index (χ1n) is 7.17. The Morgan fingerprint density at radius 1 is 1.24 bits per heavy atom. The minimum atomic E-state index is -0.600. The fraction of sp³-hybridized carbons (Fsp3) is 0.929. The van der Waals surface area contributed by atoms with Gasteiger partial charge < -0.3 is 5.11 Å². The van der Waals surface area contributed by atoms with E-state index < -0.39 is 5.97 Å². The first-order chi connectivity index (χ1) is 8.20. The average molecular weight is 239 g/mol. The third-order valence-corrected chi connectivity index (χ3v) is 4.71. The van der Waals surface area contributed by atoms with Gasteiger partial charge in [-0.3, -0.25) is 9.69 Å². The Bertz CT molecular complexity index is 259. The van der Waals surface area contributed by atoms with E-state index in [2.05, 4.69) is 11.8 Å². The molecule has 1 unspecified atom stereocenters. The van der Waals surface area contributed by atoms with Crippen LogP contribution < -0.4 is 0 Å². The number of likely N-dealkylation sites (tertiary alicyclic amines) is 1. The van der Waals surface area contributed by atoms with Crippen LogP contribution in [0.15, 0.2) is 0 Å². The van der Waals surface area contributed by atoms with Crippen molar-refractivity contribution in [1.29, 1.82) is 0 Å². The van der Waals surface area contributed by atoms with Crippen LogP contribution in [-0.4, -0.2) is 35.1 Å². The summed E-state index contributed by atoms with van der Waals surface area (Å²) in [4.78, 5) is 13.5. The molecule has 1 atom stereocenters. The number of carboxylic acid groups (broad SMARTS) is 1. The molecular weight excluding hydrogens is 214 g/mol. The van der Waals surface area contributed by atoms with E-state index in [1.165, 1.54) is 32.1 Å². The standard InChI is InChI=1S/C14H25NO2/c1-2-11-5-7-13(8-6-11)15-9-3-4-12(10-15)14(16)17/h11-13H,2-10H2,1H3,(H,16,17). The van der Waals surface area contributed by atoms with Crippen molar-refractivity contribution in [1.82, 2.24) is 4.90 Å². The van der Waals surface area contributed by atoms with E-state index in [0.29, 0.717) is 6.04 Å². The molecule has 0 amide bonds. The van der Waals surface area contributed by atoms with Crippen molar-refractivity contribution >= 4 is 5.97 Å². The molecule has 1 saturated carbocycles. The third kappa shape index (κ3) is 3.21. The average Bonchev–Trinajstić information content (AvgIpc) is 2.39. The smallest absolute Gasteiger partial charge is 0.307 e. The Balaban J connectivity index is 1.84. The van der Waals surface area contributed by atoms with Gasteiger partial charge in [-0.25, -0.2) is 0 Å². The van der Waals surface area contributed by atoms with E-state index in [-0.39, 0.29) is 5.92 Å². The molecule has 0 aromatic rings. The topological polar surface area (TPSA) is 40.5 Å². The largest absolute Gasteiger partial charge is 0.481 e. The van der Waals surface area contributed by atoms with Gasteiger partial charge in [-0.15, -0.1) is 0 Å². The predicted molar refractivity (Wildman–Crippen MR) is 68.0 cm³/mol. The molecule has 1 saturated heterocycles. The molecule has 2 rings (SSSR count). The summed E-state index contributed by atoms with van der Waals surface area (Å²) >= 11 is 0. The zero-order valence-electron chi connectivity index (χ0n) is 10.9. The van der Waals surface area contributed by atoms with Gasteiger partial charge >= 0.3 is 5.97 Å². The second-order valence-electron chi connectivity index (χ2n) is 5.76. The van der Waals surface area contributed by atoms with Gasteiger partial charge in [0.15, 0.2) is 0 Å². The van der Waals surface area contributed by atoms with Crippen LogP contribution in [-0.2, 0) is 4.79 Å². The van der Waals surface area contributed by atoms with Gasteiger partial charge in [0.25, 0.3) is 0 Å². The highest BCUT2D eigenvalue weighted by Gasteiger charge is 2.31. The highest BCUT2D eigenvalue weighted by molar-refractivity contribution is 5.70. The van der Waals surface area contributed by atoms with Crippen LogP contribution in [0.4, 0.5) is 0 Å². The number of rotatable bonds is 3. The van der Waals surface area contributed by atoms with Crippen molar-refractivity contribution in [2.45, 2.75) is 57.9 Å². The molecule has 1 heterocycles. The number of aliphatic carboxylic acids is 1. The molecule has 2 aliphatic rings. The van der Waals surface area contributed by atoms with Crippen molar-refractivity contribution in [2.24, 2.45) is 11.8 Å². The zero-order chi connectivity index (χ0) is 12.3. The summed E-state index contributed by atoms with van der Waals surface area (Å²) in [6, 6.07) is 0.667. The fourth-order valence-corrected chi connectivity index (χ4v) is 3.46. The summed E-state index contributed by atoms with van der Waals surface area (Å²) in [5.74, 6) is 0.205. The van der Waals surface area contributed by atoms with E-state index in [9.17, 15) is 4.79 Å². The van der Waals surface area contributed by atoms with E-state index in [0.717, 1.165) is 31.8 Å². The maximum atomic E-state index is 11.1. The predicted octanol–water partition coefficient (Wildman–Crippen LogP) is 2.75. The first-order valence-corrected chi connectivity index (χ1v) is 7.17. The molecule has 3 nitrogen and oxygen atoms in total. The van der Waals surface area contributed by atoms with Crippen molar-refractivity contribution in [3.63, 3.8) is 0 Å². The molecule has 3 heteroatoms. The summed E-state index contributed by atoms with van der Waals surface area (Å²) < 4.78 is 0.